The van der Waals surface area contributed by atoms with E-state index in [0.29, 0.717) is 0 Å². The Hall–Kier alpha value is -2.43. The van der Waals surface area contributed by atoms with Gasteiger partial charge in [0, 0.05) is 18.7 Å². The summed E-state index contributed by atoms with van der Waals surface area (Å²) in [5, 5.41) is 2.85. The second kappa shape index (κ2) is 6.14. The van der Waals surface area contributed by atoms with Crippen molar-refractivity contribution < 1.29 is 14.4 Å². The van der Waals surface area contributed by atoms with Crippen LogP contribution in [0.5, 0.6) is 0 Å². The number of benzene rings is 1. The smallest absolute Gasteiger partial charge is 0.233 e. The Bertz CT molecular complexity index is 740. The number of hydrogen-bond acceptors (Lipinski definition) is 3. The number of anilines is 1. The van der Waals surface area contributed by atoms with Crippen molar-refractivity contribution in [3.8, 4) is 0 Å². The predicted octanol–water partition coefficient (Wildman–Crippen LogP) is 2.38. The van der Waals surface area contributed by atoms with Gasteiger partial charge in [-0.2, -0.15) is 0 Å². The van der Waals surface area contributed by atoms with Crippen LogP contribution in [0.4, 0.5) is 5.69 Å². The summed E-state index contributed by atoms with van der Waals surface area (Å²) >= 11 is 0. The summed E-state index contributed by atoms with van der Waals surface area (Å²) < 4.78 is 0. The Balaban J connectivity index is 1.36. The number of carbonyl (C=O) groups excluding carboxylic acids is 3. The minimum absolute atomic E-state index is 0.0902. The summed E-state index contributed by atoms with van der Waals surface area (Å²) in [5.41, 5.74) is 1.90. The minimum atomic E-state index is -0.188. The standard InChI is InChI=1S/C20H22N2O3/c1-2-12-4-3-5-15(10-12)21-16(23)8-9-22-19(24)17-13-6-7-14(11-13)18(17)20(22)25/h3-7,10,13-14,17-18H,2,8-9,11H2,1H3,(H,21,23)/t13-,14-,17+,18+/m0/s1. The van der Waals surface area contributed by atoms with Gasteiger partial charge in [0.15, 0.2) is 0 Å². The van der Waals surface area contributed by atoms with E-state index >= 15 is 0 Å². The largest absolute Gasteiger partial charge is 0.326 e. The van der Waals surface area contributed by atoms with Gasteiger partial charge >= 0.3 is 0 Å². The second-order valence-electron chi connectivity index (χ2n) is 7.18. The van der Waals surface area contributed by atoms with Gasteiger partial charge in [-0.15, -0.1) is 0 Å². The SMILES string of the molecule is CCc1cccc(NC(=O)CCN2C(=O)[C@H]3[C@H](C2=O)[C@H]2C=C[C@H]3C2)c1. The zero-order chi connectivity index (χ0) is 17.6. The molecule has 0 unspecified atom stereocenters. The molecular weight excluding hydrogens is 316 g/mol. The summed E-state index contributed by atoms with van der Waals surface area (Å²) in [6.07, 6.45) is 6.12. The van der Waals surface area contributed by atoms with Crippen molar-refractivity contribution in [1.29, 1.82) is 0 Å². The maximum atomic E-state index is 12.6. The average molecular weight is 338 g/mol. The van der Waals surface area contributed by atoms with Crippen molar-refractivity contribution in [3.63, 3.8) is 0 Å². The van der Waals surface area contributed by atoms with E-state index in [1.165, 1.54) is 4.90 Å². The highest BCUT2D eigenvalue weighted by atomic mass is 16.2. The Kier molecular flexibility index (Phi) is 3.94. The fourth-order valence-electron chi connectivity index (χ4n) is 4.49. The first-order valence-electron chi connectivity index (χ1n) is 9.01. The maximum absolute atomic E-state index is 12.6. The van der Waals surface area contributed by atoms with Crippen LogP contribution >= 0.6 is 0 Å². The Morgan fingerprint density at radius 2 is 1.84 bits per heavy atom. The first-order chi connectivity index (χ1) is 12.1. The quantitative estimate of drug-likeness (QED) is 0.662. The molecule has 1 aromatic carbocycles. The number of amides is 3. The molecular formula is C20H22N2O3. The number of likely N-dealkylation sites (tertiary alicyclic amines) is 1. The molecule has 1 N–H and O–H groups in total. The van der Waals surface area contributed by atoms with Gasteiger partial charge in [0.1, 0.15) is 0 Å². The van der Waals surface area contributed by atoms with E-state index in [-0.39, 0.29) is 54.4 Å². The number of allylic oxidation sites excluding steroid dienone is 2. The third kappa shape index (κ3) is 2.68. The van der Waals surface area contributed by atoms with Crippen molar-refractivity contribution in [1.82, 2.24) is 4.90 Å². The molecule has 1 aromatic rings. The Morgan fingerprint density at radius 3 is 2.48 bits per heavy atom. The third-order valence-corrected chi connectivity index (χ3v) is 5.74. The van der Waals surface area contributed by atoms with Gasteiger partial charge in [-0.3, -0.25) is 19.3 Å². The zero-order valence-electron chi connectivity index (χ0n) is 14.3. The molecule has 1 saturated heterocycles. The van der Waals surface area contributed by atoms with Gasteiger partial charge in [0.2, 0.25) is 17.7 Å². The molecule has 4 atom stereocenters. The van der Waals surface area contributed by atoms with Crippen molar-refractivity contribution >= 4 is 23.4 Å². The van der Waals surface area contributed by atoms with Gasteiger partial charge < -0.3 is 5.32 Å². The highest BCUT2D eigenvalue weighted by Crippen LogP contribution is 2.52. The number of fused-ring (bicyclic) bond motifs is 5. The molecule has 1 heterocycles. The van der Waals surface area contributed by atoms with Gasteiger partial charge in [0.05, 0.1) is 11.8 Å². The fourth-order valence-corrected chi connectivity index (χ4v) is 4.49. The van der Waals surface area contributed by atoms with Crippen LogP contribution in [0, 0.1) is 23.7 Å². The maximum Gasteiger partial charge on any atom is 0.233 e. The monoisotopic (exact) mass is 338 g/mol. The van der Waals surface area contributed by atoms with Crippen LogP contribution in [0.25, 0.3) is 0 Å². The van der Waals surface area contributed by atoms with Crippen LogP contribution in [0.15, 0.2) is 36.4 Å². The van der Waals surface area contributed by atoms with Crippen LogP contribution < -0.4 is 5.32 Å². The molecule has 2 fully saturated rings. The number of carbonyl (C=O) groups is 3. The van der Waals surface area contributed by atoms with E-state index in [1.54, 1.807) is 0 Å². The number of nitrogens with zero attached hydrogens (tertiary/aromatic N) is 1. The molecule has 0 aromatic heterocycles. The highest BCUT2D eigenvalue weighted by Gasteiger charge is 2.58. The molecule has 1 aliphatic heterocycles. The summed E-state index contributed by atoms with van der Waals surface area (Å²) in [6, 6.07) is 7.71. The topological polar surface area (TPSA) is 66.5 Å². The molecule has 2 bridgehead atoms. The van der Waals surface area contributed by atoms with Crippen molar-refractivity contribution in [2.75, 3.05) is 11.9 Å². The van der Waals surface area contributed by atoms with E-state index in [4.69, 9.17) is 0 Å². The Morgan fingerprint density at radius 1 is 1.16 bits per heavy atom. The molecule has 25 heavy (non-hydrogen) atoms. The Labute approximate surface area is 147 Å². The van der Waals surface area contributed by atoms with E-state index in [0.717, 1.165) is 24.1 Å². The molecule has 5 heteroatoms. The van der Waals surface area contributed by atoms with Crippen molar-refractivity contribution in [2.24, 2.45) is 23.7 Å². The van der Waals surface area contributed by atoms with Gasteiger partial charge in [-0.05, 0) is 42.4 Å². The summed E-state index contributed by atoms with van der Waals surface area (Å²) in [6.45, 7) is 2.23. The van der Waals surface area contributed by atoms with Gasteiger partial charge in [0.25, 0.3) is 0 Å². The van der Waals surface area contributed by atoms with Crippen LogP contribution in [-0.2, 0) is 20.8 Å². The summed E-state index contributed by atoms with van der Waals surface area (Å²) in [5.74, 6) is -0.310. The molecule has 1 saturated carbocycles. The lowest BCUT2D eigenvalue weighted by Gasteiger charge is -2.17. The molecule has 0 radical (unpaired) electrons. The van der Waals surface area contributed by atoms with E-state index in [2.05, 4.69) is 24.4 Å². The highest BCUT2D eigenvalue weighted by molar-refractivity contribution is 6.06. The second-order valence-corrected chi connectivity index (χ2v) is 7.18. The lowest BCUT2D eigenvalue weighted by atomic mass is 9.85. The number of imide groups is 1. The number of hydrogen-bond donors (Lipinski definition) is 1. The van der Waals surface area contributed by atoms with Crippen LogP contribution in [0.2, 0.25) is 0 Å². The van der Waals surface area contributed by atoms with Crippen LogP contribution in [0.3, 0.4) is 0 Å². The molecule has 130 valence electrons. The molecule has 0 spiro atoms. The number of aryl methyl sites for hydroxylation is 1. The average Bonchev–Trinajstić information content (AvgIpc) is 3.28. The van der Waals surface area contributed by atoms with Crippen LogP contribution in [0.1, 0.15) is 25.3 Å². The summed E-state index contributed by atoms with van der Waals surface area (Å²) in [7, 11) is 0. The zero-order valence-corrected chi connectivity index (χ0v) is 14.3. The lowest BCUT2D eigenvalue weighted by Crippen LogP contribution is -2.35. The summed E-state index contributed by atoms with van der Waals surface area (Å²) in [4.78, 5) is 38.7. The van der Waals surface area contributed by atoms with Crippen molar-refractivity contribution in [3.05, 3.63) is 42.0 Å². The third-order valence-electron chi connectivity index (χ3n) is 5.74. The molecule has 3 aliphatic rings. The molecule has 4 rings (SSSR count). The van der Waals surface area contributed by atoms with Gasteiger partial charge in [-0.1, -0.05) is 31.2 Å². The van der Waals surface area contributed by atoms with Crippen molar-refractivity contribution in [2.45, 2.75) is 26.2 Å². The first kappa shape index (κ1) is 16.1. The number of rotatable bonds is 5. The van der Waals surface area contributed by atoms with Crippen LogP contribution in [-0.4, -0.2) is 29.2 Å². The van der Waals surface area contributed by atoms with E-state index in [1.807, 2.05) is 24.3 Å². The minimum Gasteiger partial charge on any atom is -0.326 e. The van der Waals surface area contributed by atoms with Gasteiger partial charge in [-0.25, -0.2) is 0 Å². The molecule has 5 nitrogen and oxygen atoms in total. The fraction of sp³-hybridized carbons (Fsp3) is 0.450. The number of nitrogens with one attached hydrogen (secondary N) is 1. The lowest BCUT2D eigenvalue weighted by molar-refractivity contribution is -0.140. The molecule has 3 amide bonds. The molecule has 2 aliphatic carbocycles. The first-order valence-corrected chi connectivity index (χ1v) is 9.01. The van der Waals surface area contributed by atoms with E-state index in [9.17, 15) is 14.4 Å². The van der Waals surface area contributed by atoms with E-state index < -0.39 is 0 Å². The predicted molar refractivity (Wildman–Crippen MR) is 93.5 cm³/mol. The normalized spacial score (nSPS) is 29.4.